The van der Waals surface area contributed by atoms with Crippen LogP contribution in [0, 0.1) is 5.82 Å². The molecule has 0 amide bonds. The molecule has 6 nitrogen and oxygen atoms in total. The zero-order valence-electron chi connectivity index (χ0n) is 17.9. The summed E-state index contributed by atoms with van der Waals surface area (Å²) in [6.45, 7) is 3.18. The van der Waals surface area contributed by atoms with E-state index in [9.17, 15) is 9.18 Å². The van der Waals surface area contributed by atoms with Gasteiger partial charge in [0, 0.05) is 19.3 Å². The van der Waals surface area contributed by atoms with Crippen LogP contribution >= 0.6 is 0 Å². The number of carboxylic acid groups (broad SMARTS) is 1. The molecule has 166 valence electrons. The molecular weight excluding hydrogens is 407 g/mol. The minimum absolute atomic E-state index is 0.0356. The average Bonchev–Trinajstić information content (AvgIpc) is 2.81. The molecule has 0 fully saturated rings. The third kappa shape index (κ3) is 4.89. The molecule has 0 saturated carbocycles. The van der Waals surface area contributed by atoms with Crippen LogP contribution in [-0.2, 0) is 11.2 Å². The van der Waals surface area contributed by atoms with Crippen LogP contribution in [-0.4, -0.2) is 35.2 Å². The van der Waals surface area contributed by atoms with Gasteiger partial charge in [0.15, 0.2) is 0 Å². The van der Waals surface area contributed by atoms with Gasteiger partial charge in [0.05, 0.1) is 24.2 Å². The molecule has 0 spiro atoms. The van der Waals surface area contributed by atoms with Crippen LogP contribution in [0.3, 0.4) is 0 Å². The number of rotatable bonds is 8. The molecule has 4 N–H and O–H groups in total. The van der Waals surface area contributed by atoms with Gasteiger partial charge < -0.3 is 21.1 Å². The number of carbonyl (C=O) groups is 1. The van der Waals surface area contributed by atoms with Crippen molar-refractivity contribution in [1.82, 2.24) is 10.3 Å². The van der Waals surface area contributed by atoms with Gasteiger partial charge in [-0.2, -0.15) is 0 Å². The topological polar surface area (TPSA) is 86.3 Å². The van der Waals surface area contributed by atoms with Crippen molar-refractivity contribution in [3.05, 3.63) is 89.4 Å². The average molecular weight is 435 g/mol. The van der Waals surface area contributed by atoms with E-state index in [2.05, 4.69) is 33.1 Å². The Kier molecular flexibility index (Phi) is 6.66. The lowest BCUT2D eigenvalue weighted by atomic mass is 9.94. The first-order valence-corrected chi connectivity index (χ1v) is 10.8. The highest BCUT2D eigenvalue weighted by Crippen LogP contribution is 2.29. The second-order valence-electron chi connectivity index (χ2n) is 8.12. The van der Waals surface area contributed by atoms with Gasteiger partial charge in [-0.1, -0.05) is 55.5 Å². The number of hydrogen-bond donors (Lipinski definition) is 4. The van der Waals surface area contributed by atoms with Crippen LogP contribution in [0.4, 0.5) is 15.9 Å². The minimum Gasteiger partial charge on any atom is -0.481 e. The van der Waals surface area contributed by atoms with Crippen LogP contribution in [0.5, 0.6) is 0 Å². The van der Waals surface area contributed by atoms with E-state index in [1.165, 1.54) is 6.07 Å². The van der Waals surface area contributed by atoms with E-state index in [-0.39, 0.29) is 30.0 Å². The Morgan fingerprint density at radius 1 is 1.19 bits per heavy atom. The summed E-state index contributed by atoms with van der Waals surface area (Å²) in [6, 6.07) is 19.0. The maximum absolute atomic E-state index is 14.9. The summed E-state index contributed by atoms with van der Waals surface area (Å²) in [5, 5.41) is 19.6. The van der Waals surface area contributed by atoms with Gasteiger partial charge in [0.2, 0.25) is 0 Å². The number of nitrogens with zero attached hydrogens (tertiary/aromatic N) is 1. The molecule has 0 bridgehead atoms. The molecule has 3 atom stereocenters. The summed E-state index contributed by atoms with van der Waals surface area (Å²) in [5.41, 5.74) is 2.83. The van der Waals surface area contributed by atoms with Gasteiger partial charge in [-0.3, -0.25) is 4.79 Å². The standard InChI is InChI=1S/C25H27FN4O2/c1-16(19-10-5-9-18(23(19)26)13-22(31)32)14-29-24(17-7-3-2-4-8-17)21-15-28-20-11-6-12-27-25(20)30-21/h2-12,16,21,24,28-29H,13-15H2,1H3,(H,27,30)(H,31,32)/t16-,21+,24+/m0/s1. The van der Waals surface area contributed by atoms with Crippen molar-refractivity contribution in [3.63, 3.8) is 0 Å². The maximum atomic E-state index is 14.9. The predicted octanol–water partition coefficient (Wildman–Crippen LogP) is 4.19. The predicted molar refractivity (Wildman–Crippen MR) is 123 cm³/mol. The lowest BCUT2D eigenvalue weighted by Crippen LogP contribution is -2.45. The van der Waals surface area contributed by atoms with Crippen LogP contribution in [0.15, 0.2) is 66.9 Å². The Labute approximate surface area is 186 Å². The summed E-state index contributed by atoms with van der Waals surface area (Å²) < 4.78 is 14.9. The fraction of sp³-hybridized carbons (Fsp3) is 0.280. The first-order valence-electron chi connectivity index (χ1n) is 10.8. The summed E-state index contributed by atoms with van der Waals surface area (Å²) in [4.78, 5) is 15.5. The quantitative estimate of drug-likeness (QED) is 0.425. The van der Waals surface area contributed by atoms with Gasteiger partial charge >= 0.3 is 5.97 Å². The molecule has 4 rings (SSSR count). The number of fused-ring (bicyclic) bond motifs is 1. The molecule has 0 unspecified atom stereocenters. The molecule has 0 aliphatic carbocycles. The summed E-state index contributed by atoms with van der Waals surface area (Å²) in [5.74, 6) is -0.805. The first kappa shape index (κ1) is 21.8. The Morgan fingerprint density at radius 2 is 2.00 bits per heavy atom. The molecule has 7 heteroatoms. The van der Waals surface area contributed by atoms with Crippen molar-refractivity contribution in [2.75, 3.05) is 23.7 Å². The van der Waals surface area contributed by atoms with Crippen LogP contribution in [0.2, 0.25) is 0 Å². The SMILES string of the molecule is C[C@@H](CN[C@H](c1ccccc1)[C@H]1CNc2cccnc2N1)c1cccc(CC(=O)O)c1F. The molecule has 1 aromatic heterocycles. The van der Waals surface area contributed by atoms with Crippen molar-refractivity contribution in [2.24, 2.45) is 0 Å². The Hall–Kier alpha value is -3.45. The van der Waals surface area contributed by atoms with Crippen molar-refractivity contribution in [2.45, 2.75) is 31.3 Å². The number of aliphatic carboxylic acids is 1. The van der Waals surface area contributed by atoms with Gasteiger partial charge in [-0.15, -0.1) is 0 Å². The second kappa shape index (κ2) is 9.78. The number of nitrogens with one attached hydrogen (secondary N) is 3. The number of pyridine rings is 1. The Morgan fingerprint density at radius 3 is 2.78 bits per heavy atom. The highest BCUT2D eigenvalue weighted by atomic mass is 19.1. The number of carboxylic acids is 1. The van der Waals surface area contributed by atoms with E-state index in [0.717, 1.165) is 17.1 Å². The summed E-state index contributed by atoms with van der Waals surface area (Å²) in [7, 11) is 0. The number of aromatic nitrogens is 1. The Balaban J connectivity index is 1.52. The third-order valence-corrected chi connectivity index (χ3v) is 5.83. The molecule has 2 aromatic carbocycles. The smallest absolute Gasteiger partial charge is 0.307 e. The molecule has 2 heterocycles. The number of halogens is 1. The van der Waals surface area contributed by atoms with E-state index < -0.39 is 11.8 Å². The molecule has 1 aliphatic heterocycles. The van der Waals surface area contributed by atoms with Crippen LogP contribution in [0.1, 0.15) is 35.6 Å². The maximum Gasteiger partial charge on any atom is 0.307 e. The monoisotopic (exact) mass is 434 g/mol. The normalized spacial score (nSPS) is 16.9. The lowest BCUT2D eigenvalue weighted by Gasteiger charge is -2.35. The fourth-order valence-electron chi connectivity index (χ4n) is 4.16. The fourth-order valence-corrected chi connectivity index (χ4v) is 4.16. The van der Waals surface area contributed by atoms with E-state index in [1.54, 1.807) is 18.3 Å². The zero-order valence-corrected chi connectivity index (χ0v) is 17.9. The van der Waals surface area contributed by atoms with Gasteiger partial charge in [0.25, 0.3) is 0 Å². The first-order chi connectivity index (χ1) is 15.5. The molecule has 0 radical (unpaired) electrons. The second-order valence-corrected chi connectivity index (χ2v) is 8.12. The van der Waals surface area contributed by atoms with E-state index >= 15 is 0 Å². The minimum atomic E-state index is -1.04. The van der Waals surface area contributed by atoms with Crippen molar-refractivity contribution >= 4 is 17.5 Å². The van der Waals surface area contributed by atoms with Crippen molar-refractivity contribution in [1.29, 1.82) is 0 Å². The van der Waals surface area contributed by atoms with Crippen LogP contribution < -0.4 is 16.0 Å². The number of benzene rings is 2. The highest BCUT2D eigenvalue weighted by Gasteiger charge is 2.28. The molecule has 32 heavy (non-hydrogen) atoms. The van der Waals surface area contributed by atoms with Crippen molar-refractivity contribution < 1.29 is 14.3 Å². The Bertz CT molecular complexity index is 1080. The summed E-state index contributed by atoms with van der Waals surface area (Å²) >= 11 is 0. The van der Waals surface area contributed by atoms with Gasteiger partial charge in [-0.25, -0.2) is 9.37 Å². The molecular formula is C25H27FN4O2. The van der Waals surface area contributed by atoms with E-state index in [0.29, 0.717) is 18.7 Å². The lowest BCUT2D eigenvalue weighted by molar-refractivity contribution is -0.136. The molecule has 0 saturated heterocycles. The van der Waals surface area contributed by atoms with E-state index in [4.69, 9.17) is 5.11 Å². The van der Waals surface area contributed by atoms with Gasteiger partial charge in [0.1, 0.15) is 11.6 Å². The third-order valence-electron chi connectivity index (χ3n) is 5.83. The van der Waals surface area contributed by atoms with E-state index in [1.807, 2.05) is 37.3 Å². The van der Waals surface area contributed by atoms with Crippen LogP contribution in [0.25, 0.3) is 0 Å². The zero-order chi connectivity index (χ0) is 22.5. The number of anilines is 2. The summed E-state index contributed by atoms with van der Waals surface area (Å²) in [6.07, 6.45) is 1.44. The molecule has 1 aliphatic rings. The molecule has 3 aromatic rings. The van der Waals surface area contributed by atoms with Gasteiger partial charge in [-0.05, 0) is 34.7 Å². The van der Waals surface area contributed by atoms with Crippen molar-refractivity contribution in [3.8, 4) is 0 Å². The number of hydrogen-bond acceptors (Lipinski definition) is 5. The largest absolute Gasteiger partial charge is 0.481 e. The highest BCUT2D eigenvalue weighted by molar-refractivity contribution is 5.70.